The molecular formula is C26H26N4O4. The Balaban J connectivity index is 1.44. The number of benzene rings is 3. The third-order valence-corrected chi connectivity index (χ3v) is 5.02. The second-order valence-corrected chi connectivity index (χ2v) is 7.67. The second kappa shape index (κ2) is 11.4. The van der Waals surface area contributed by atoms with Gasteiger partial charge in [-0.3, -0.25) is 14.4 Å². The van der Waals surface area contributed by atoms with E-state index in [4.69, 9.17) is 4.74 Å². The topological polar surface area (TPSA) is 109 Å². The smallest absolute Gasteiger partial charge is 0.329 e. The number of amides is 3. The molecule has 0 bridgehead atoms. The summed E-state index contributed by atoms with van der Waals surface area (Å²) in [5, 5.41) is 9.15. The highest BCUT2D eigenvalue weighted by molar-refractivity contribution is 6.39. The minimum absolute atomic E-state index is 0.132. The van der Waals surface area contributed by atoms with Gasteiger partial charge >= 0.3 is 11.8 Å². The molecule has 0 unspecified atom stereocenters. The molecule has 0 fully saturated rings. The Hall–Kier alpha value is -4.46. The maximum Gasteiger partial charge on any atom is 0.329 e. The van der Waals surface area contributed by atoms with E-state index in [-0.39, 0.29) is 12.5 Å². The Labute approximate surface area is 198 Å². The number of carbonyl (C=O) groups is 3. The molecule has 0 radical (unpaired) electrons. The van der Waals surface area contributed by atoms with E-state index in [9.17, 15) is 14.4 Å². The molecule has 8 heteroatoms. The molecule has 3 N–H and O–H groups in total. The molecule has 34 heavy (non-hydrogen) atoms. The van der Waals surface area contributed by atoms with Crippen molar-refractivity contribution in [3.8, 4) is 5.75 Å². The molecule has 0 aliphatic rings. The summed E-state index contributed by atoms with van der Waals surface area (Å²) in [7, 11) is 0. The first-order valence-corrected chi connectivity index (χ1v) is 10.6. The van der Waals surface area contributed by atoms with E-state index in [0.717, 1.165) is 16.7 Å². The lowest BCUT2D eigenvalue weighted by molar-refractivity contribution is -0.136. The first-order valence-electron chi connectivity index (χ1n) is 10.6. The molecule has 3 amide bonds. The fraction of sp³-hybridized carbons (Fsp3) is 0.154. The zero-order chi connectivity index (χ0) is 24.5. The van der Waals surface area contributed by atoms with Crippen LogP contribution in [0.15, 0.2) is 71.8 Å². The quantitative estimate of drug-likeness (QED) is 0.285. The SMILES string of the molecule is Cc1ccc(NC(=O)COc2ccc(/C=N\NC(=O)C(=O)Nc3cccc(C)c3C)cc2)cc1. The van der Waals surface area contributed by atoms with Crippen LogP contribution >= 0.6 is 0 Å². The van der Waals surface area contributed by atoms with Gasteiger partial charge in [0.1, 0.15) is 5.75 Å². The van der Waals surface area contributed by atoms with E-state index >= 15 is 0 Å². The van der Waals surface area contributed by atoms with Gasteiger partial charge in [-0.1, -0.05) is 29.8 Å². The number of ether oxygens (including phenoxy) is 1. The average Bonchev–Trinajstić information content (AvgIpc) is 2.83. The van der Waals surface area contributed by atoms with Crippen molar-refractivity contribution in [1.29, 1.82) is 0 Å². The van der Waals surface area contributed by atoms with Crippen LogP contribution in [-0.4, -0.2) is 30.5 Å². The first kappa shape index (κ1) is 24.2. The Bertz CT molecular complexity index is 1200. The van der Waals surface area contributed by atoms with E-state index in [1.807, 2.05) is 51.1 Å². The highest BCUT2D eigenvalue weighted by atomic mass is 16.5. The van der Waals surface area contributed by atoms with Crippen molar-refractivity contribution < 1.29 is 19.1 Å². The number of nitrogens with zero attached hydrogens (tertiary/aromatic N) is 1. The lowest BCUT2D eigenvalue weighted by Gasteiger charge is -2.09. The van der Waals surface area contributed by atoms with Crippen molar-refractivity contribution in [3.05, 3.63) is 89.0 Å². The van der Waals surface area contributed by atoms with Crippen LogP contribution < -0.4 is 20.8 Å². The molecule has 0 saturated heterocycles. The Morgan fingerprint density at radius 3 is 2.26 bits per heavy atom. The maximum absolute atomic E-state index is 12.1. The third-order valence-electron chi connectivity index (χ3n) is 5.02. The molecule has 3 aromatic carbocycles. The standard InChI is InChI=1S/C26H26N4O4/c1-17-7-11-21(12-8-17)28-24(31)16-34-22-13-9-20(10-14-22)15-27-30-26(33)25(32)29-23-6-4-5-18(2)19(23)3/h4-15H,16H2,1-3H3,(H,28,31)(H,29,32)(H,30,33)/b27-15-. The molecular weight excluding hydrogens is 432 g/mol. The lowest BCUT2D eigenvalue weighted by atomic mass is 10.1. The number of hydrazone groups is 1. The van der Waals surface area contributed by atoms with Crippen molar-refractivity contribution in [2.24, 2.45) is 5.10 Å². The molecule has 174 valence electrons. The molecule has 0 atom stereocenters. The van der Waals surface area contributed by atoms with Crippen molar-refractivity contribution >= 4 is 35.3 Å². The van der Waals surface area contributed by atoms with Gasteiger partial charge in [0.25, 0.3) is 5.91 Å². The third kappa shape index (κ3) is 7.03. The Kier molecular flexibility index (Phi) is 8.12. The number of hydrogen-bond donors (Lipinski definition) is 3. The van der Waals surface area contributed by atoms with Gasteiger partial charge in [-0.05, 0) is 79.9 Å². The van der Waals surface area contributed by atoms with Crippen molar-refractivity contribution in [1.82, 2.24) is 5.43 Å². The van der Waals surface area contributed by atoms with Gasteiger partial charge < -0.3 is 15.4 Å². The monoisotopic (exact) mass is 458 g/mol. The van der Waals surface area contributed by atoms with Gasteiger partial charge in [0, 0.05) is 11.4 Å². The summed E-state index contributed by atoms with van der Waals surface area (Å²) in [5.41, 5.74) is 7.16. The zero-order valence-electron chi connectivity index (χ0n) is 19.2. The second-order valence-electron chi connectivity index (χ2n) is 7.67. The van der Waals surface area contributed by atoms with Crippen LogP contribution in [0.3, 0.4) is 0 Å². The minimum Gasteiger partial charge on any atom is -0.484 e. The van der Waals surface area contributed by atoms with E-state index in [0.29, 0.717) is 22.7 Å². The predicted octanol–water partition coefficient (Wildman–Crippen LogP) is 3.72. The van der Waals surface area contributed by atoms with E-state index in [1.165, 1.54) is 6.21 Å². The van der Waals surface area contributed by atoms with Crippen LogP contribution in [0.1, 0.15) is 22.3 Å². The van der Waals surface area contributed by atoms with Gasteiger partial charge in [-0.2, -0.15) is 5.10 Å². The average molecular weight is 459 g/mol. The molecule has 0 saturated carbocycles. The summed E-state index contributed by atoms with van der Waals surface area (Å²) in [6.45, 7) is 5.63. The van der Waals surface area contributed by atoms with E-state index in [1.54, 1.807) is 36.4 Å². The molecule has 8 nitrogen and oxygen atoms in total. The predicted molar refractivity (Wildman–Crippen MR) is 132 cm³/mol. The molecule has 0 aliphatic carbocycles. The molecule has 3 aromatic rings. The molecule has 0 heterocycles. The fourth-order valence-corrected chi connectivity index (χ4v) is 2.91. The molecule has 0 spiro atoms. The zero-order valence-corrected chi connectivity index (χ0v) is 19.2. The lowest BCUT2D eigenvalue weighted by Crippen LogP contribution is -2.32. The number of aryl methyl sites for hydroxylation is 2. The highest BCUT2D eigenvalue weighted by Gasteiger charge is 2.14. The number of rotatable bonds is 7. The number of anilines is 2. The van der Waals surface area contributed by atoms with Gasteiger partial charge in [-0.25, -0.2) is 5.43 Å². The van der Waals surface area contributed by atoms with Crippen LogP contribution in [0.25, 0.3) is 0 Å². The first-order chi connectivity index (χ1) is 16.3. The summed E-state index contributed by atoms with van der Waals surface area (Å²) in [6, 6.07) is 19.7. The van der Waals surface area contributed by atoms with Gasteiger partial charge in [0.2, 0.25) is 0 Å². The van der Waals surface area contributed by atoms with Crippen molar-refractivity contribution in [2.75, 3.05) is 17.2 Å². The molecule has 0 aromatic heterocycles. The molecule has 3 rings (SSSR count). The van der Waals surface area contributed by atoms with Crippen molar-refractivity contribution in [2.45, 2.75) is 20.8 Å². The highest BCUT2D eigenvalue weighted by Crippen LogP contribution is 2.17. The number of hydrogen-bond acceptors (Lipinski definition) is 5. The van der Waals surface area contributed by atoms with E-state index < -0.39 is 11.8 Å². The summed E-state index contributed by atoms with van der Waals surface area (Å²) in [6.07, 6.45) is 1.40. The Morgan fingerprint density at radius 1 is 0.853 bits per heavy atom. The van der Waals surface area contributed by atoms with Crippen LogP contribution in [-0.2, 0) is 14.4 Å². The van der Waals surface area contributed by atoms with Gasteiger partial charge in [0.15, 0.2) is 6.61 Å². The summed E-state index contributed by atoms with van der Waals surface area (Å²) < 4.78 is 5.49. The van der Waals surface area contributed by atoms with Gasteiger partial charge in [0.05, 0.1) is 6.21 Å². The van der Waals surface area contributed by atoms with Gasteiger partial charge in [-0.15, -0.1) is 0 Å². The number of carbonyl (C=O) groups excluding carboxylic acids is 3. The van der Waals surface area contributed by atoms with Crippen molar-refractivity contribution in [3.63, 3.8) is 0 Å². The normalized spacial score (nSPS) is 10.6. The fourth-order valence-electron chi connectivity index (χ4n) is 2.91. The van der Waals surface area contributed by atoms with Crippen LogP contribution in [0.4, 0.5) is 11.4 Å². The number of nitrogens with one attached hydrogen (secondary N) is 3. The summed E-state index contributed by atoms with van der Waals surface area (Å²) in [5.74, 6) is -1.44. The minimum atomic E-state index is -0.878. The van der Waals surface area contributed by atoms with E-state index in [2.05, 4.69) is 21.2 Å². The van der Waals surface area contributed by atoms with Crippen LogP contribution in [0.2, 0.25) is 0 Å². The van der Waals surface area contributed by atoms with Crippen LogP contribution in [0.5, 0.6) is 5.75 Å². The summed E-state index contributed by atoms with van der Waals surface area (Å²) in [4.78, 5) is 36.1. The summed E-state index contributed by atoms with van der Waals surface area (Å²) >= 11 is 0. The molecule has 0 aliphatic heterocycles. The largest absolute Gasteiger partial charge is 0.484 e. The maximum atomic E-state index is 12.1. The Morgan fingerprint density at radius 2 is 1.56 bits per heavy atom. The van der Waals surface area contributed by atoms with Crippen LogP contribution in [0, 0.1) is 20.8 Å².